The smallest absolute Gasteiger partial charge is 0.150 e. The van der Waals surface area contributed by atoms with Gasteiger partial charge in [0.1, 0.15) is 22.3 Å². The van der Waals surface area contributed by atoms with E-state index < -0.39 is 11.6 Å². The number of benzene rings is 1. The van der Waals surface area contributed by atoms with E-state index in [1.807, 2.05) is 20.8 Å². The van der Waals surface area contributed by atoms with Gasteiger partial charge in [-0.25, -0.2) is 8.78 Å². The molecule has 0 bridgehead atoms. The summed E-state index contributed by atoms with van der Waals surface area (Å²) in [7, 11) is 0. The van der Waals surface area contributed by atoms with E-state index in [-0.39, 0.29) is 28.2 Å². The minimum absolute atomic E-state index is 0.0379. The van der Waals surface area contributed by atoms with Crippen LogP contribution in [0.25, 0.3) is 0 Å². The van der Waals surface area contributed by atoms with Gasteiger partial charge in [-0.3, -0.25) is 0 Å². The van der Waals surface area contributed by atoms with Crippen LogP contribution in [0.3, 0.4) is 0 Å². The second-order valence-corrected chi connectivity index (χ2v) is 5.27. The van der Waals surface area contributed by atoms with Crippen LogP contribution >= 0.6 is 12.2 Å². The molecule has 0 aliphatic heterocycles. The average molecular weight is 302 g/mol. The largest absolute Gasteiger partial charge is 0.389 e. The molecule has 1 unspecified atom stereocenters. The van der Waals surface area contributed by atoms with Gasteiger partial charge in [0, 0.05) is 12.2 Å². The van der Waals surface area contributed by atoms with Gasteiger partial charge < -0.3 is 15.8 Å². The second-order valence-electron chi connectivity index (χ2n) is 4.83. The first-order chi connectivity index (χ1) is 9.36. The van der Waals surface area contributed by atoms with E-state index >= 15 is 0 Å². The normalized spacial score (nSPS) is 12.5. The Kier molecular flexibility index (Phi) is 6.29. The van der Waals surface area contributed by atoms with Gasteiger partial charge in [0.25, 0.3) is 0 Å². The molecule has 0 amide bonds. The molecule has 0 aliphatic rings. The van der Waals surface area contributed by atoms with Crippen LogP contribution in [0, 0.1) is 17.6 Å². The summed E-state index contributed by atoms with van der Waals surface area (Å²) in [6.45, 7) is 6.71. The first-order valence-electron chi connectivity index (χ1n) is 6.49. The van der Waals surface area contributed by atoms with E-state index in [1.165, 1.54) is 0 Å². The Balaban J connectivity index is 2.98. The number of thiocarbonyl (C=S) groups is 1. The van der Waals surface area contributed by atoms with Crippen LogP contribution in [0.15, 0.2) is 12.1 Å². The zero-order valence-corrected chi connectivity index (χ0v) is 12.7. The van der Waals surface area contributed by atoms with Gasteiger partial charge in [-0.1, -0.05) is 26.1 Å². The van der Waals surface area contributed by atoms with Crippen LogP contribution in [-0.2, 0) is 4.74 Å². The maximum atomic E-state index is 14.0. The van der Waals surface area contributed by atoms with Gasteiger partial charge in [0.05, 0.1) is 12.6 Å². The highest BCUT2D eigenvalue weighted by Gasteiger charge is 2.19. The molecule has 0 aromatic heterocycles. The summed E-state index contributed by atoms with van der Waals surface area (Å²) < 4.78 is 33.2. The number of rotatable bonds is 7. The van der Waals surface area contributed by atoms with Crippen molar-refractivity contribution < 1.29 is 13.5 Å². The van der Waals surface area contributed by atoms with E-state index in [9.17, 15) is 8.78 Å². The van der Waals surface area contributed by atoms with Crippen molar-refractivity contribution in [3.05, 3.63) is 29.3 Å². The molecule has 0 radical (unpaired) electrons. The van der Waals surface area contributed by atoms with E-state index in [1.54, 1.807) is 0 Å². The average Bonchev–Trinajstić information content (AvgIpc) is 2.36. The molecule has 1 aromatic carbocycles. The molecule has 0 fully saturated rings. The predicted octanol–water partition coefficient (Wildman–Crippen LogP) is 3.07. The number of halogens is 2. The lowest BCUT2D eigenvalue weighted by Crippen LogP contribution is -2.32. The first-order valence-corrected chi connectivity index (χ1v) is 6.90. The molecule has 3 nitrogen and oxygen atoms in total. The van der Waals surface area contributed by atoms with Crippen LogP contribution < -0.4 is 11.1 Å². The molecule has 112 valence electrons. The highest BCUT2D eigenvalue weighted by molar-refractivity contribution is 7.80. The third kappa shape index (κ3) is 4.38. The number of nitrogens with two attached hydrogens (primary N) is 1. The molecule has 0 spiro atoms. The number of hydrogen-bond acceptors (Lipinski definition) is 3. The summed E-state index contributed by atoms with van der Waals surface area (Å²) in [5, 5.41) is 2.86. The standard InChI is InChI=1S/C14H20F2N2OS/c1-4-19-7-12(8(2)3)18-13-10(15)5-9(14(17)20)6-11(13)16/h5-6,8,12,18H,4,7H2,1-3H3,(H2,17,20). The van der Waals surface area contributed by atoms with Gasteiger partial charge >= 0.3 is 0 Å². The molecule has 1 rings (SSSR count). The molecular formula is C14H20F2N2OS. The molecule has 1 aromatic rings. The highest BCUT2D eigenvalue weighted by Crippen LogP contribution is 2.23. The zero-order valence-electron chi connectivity index (χ0n) is 11.9. The first kappa shape index (κ1) is 16.8. The third-order valence-corrected chi connectivity index (χ3v) is 3.20. The van der Waals surface area contributed by atoms with Gasteiger partial charge in [0.2, 0.25) is 0 Å². The summed E-state index contributed by atoms with van der Waals surface area (Å²) in [5.74, 6) is -1.26. The van der Waals surface area contributed by atoms with Crippen LogP contribution in [0.1, 0.15) is 26.3 Å². The molecule has 0 saturated heterocycles. The van der Waals surface area contributed by atoms with Crippen molar-refractivity contribution in [2.45, 2.75) is 26.8 Å². The fraction of sp³-hybridized carbons (Fsp3) is 0.500. The summed E-state index contributed by atoms with van der Waals surface area (Å²) in [6, 6.07) is 2.08. The summed E-state index contributed by atoms with van der Waals surface area (Å²) >= 11 is 4.72. The van der Waals surface area contributed by atoms with Gasteiger partial charge in [-0.05, 0) is 25.0 Å². The Hall–Kier alpha value is -1.27. The van der Waals surface area contributed by atoms with E-state index in [0.29, 0.717) is 13.2 Å². The van der Waals surface area contributed by atoms with Crippen LogP contribution in [0.5, 0.6) is 0 Å². The van der Waals surface area contributed by atoms with Crippen molar-refractivity contribution >= 4 is 22.9 Å². The molecular weight excluding hydrogens is 282 g/mol. The van der Waals surface area contributed by atoms with Crippen molar-refractivity contribution in [2.24, 2.45) is 11.7 Å². The van der Waals surface area contributed by atoms with Crippen LogP contribution in [0.2, 0.25) is 0 Å². The molecule has 0 saturated carbocycles. The SMILES string of the molecule is CCOCC(Nc1c(F)cc(C(N)=S)cc1F)C(C)C. The minimum Gasteiger partial charge on any atom is -0.389 e. The number of ether oxygens (including phenoxy) is 1. The summed E-state index contributed by atoms with van der Waals surface area (Å²) in [6.07, 6.45) is 0. The number of nitrogens with one attached hydrogen (secondary N) is 1. The lowest BCUT2D eigenvalue weighted by atomic mass is 10.0. The zero-order chi connectivity index (χ0) is 15.3. The van der Waals surface area contributed by atoms with Gasteiger partial charge in [0.15, 0.2) is 0 Å². The highest BCUT2D eigenvalue weighted by atomic mass is 32.1. The second kappa shape index (κ2) is 7.50. The van der Waals surface area contributed by atoms with Crippen molar-refractivity contribution in [1.29, 1.82) is 0 Å². The van der Waals surface area contributed by atoms with Crippen molar-refractivity contribution in [3.8, 4) is 0 Å². The number of anilines is 1. The Morgan fingerprint density at radius 1 is 1.35 bits per heavy atom. The Morgan fingerprint density at radius 2 is 1.90 bits per heavy atom. The van der Waals surface area contributed by atoms with Crippen molar-refractivity contribution in [2.75, 3.05) is 18.5 Å². The monoisotopic (exact) mass is 302 g/mol. The van der Waals surface area contributed by atoms with Gasteiger partial charge in [-0.15, -0.1) is 0 Å². The summed E-state index contributed by atoms with van der Waals surface area (Å²) in [5.41, 5.74) is 5.37. The molecule has 0 aliphatic carbocycles. The van der Waals surface area contributed by atoms with E-state index in [4.69, 9.17) is 22.7 Å². The van der Waals surface area contributed by atoms with E-state index in [0.717, 1.165) is 12.1 Å². The Morgan fingerprint density at radius 3 is 2.30 bits per heavy atom. The molecule has 3 N–H and O–H groups in total. The topological polar surface area (TPSA) is 47.3 Å². The Labute approximate surface area is 123 Å². The van der Waals surface area contributed by atoms with Gasteiger partial charge in [-0.2, -0.15) is 0 Å². The quantitative estimate of drug-likeness (QED) is 0.760. The molecule has 0 heterocycles. The Bertz CT molecular complexity index is 457. The molecule has 1 atom stereocenters. The maximum Gasteiger partial charge on any atom is 0.150 e. The fourth-order valence-electron chi connectivity index (χ4n) is 1.68. The minimum atomic E-state index is -0.713. The molecule has 20 heavy (non-hydrogen) atoms. The summed E-state index contributed by atoms with van der Waals surface area (Å²) in [4.78, 5) is -0.0379. The molecule has 6 heteroatoms. The maximum absolute atomic E-state index is 14.0. The third-order valence-electron chi connectivity index (χ3n) is 2.96. The van der Waals surface area contributed by atoms with Crippen LogP contribution in [-0.4, -0.2) is 24.2 Å². The van der Waals surface area contributed by atoms with Crippen LogP contribution in [0.4, 0.5) is 14.5 Å². The van der Waals surface area contributed by atoms with Crippen molar-refractivity contribution in [3.63, 3.8) is 0 Å². The van der Waals surface area contributed by atoms with E-state index in [2.05, 4.69) is 5.32 Å². The fourth-order valence-corrected chi connectivity index (χ4v) is 1.80. The van der Waals surface area contributed by atoms with Crippen molar-refractivity contribution in [1.82, 2.24) is 0 Å². The lowest BCUT2D eigenvalue weighted by Gasteiger charge is -2.24. The number of hydrogen-bond donors (Lipinski definition) is 2. The predicted molar refractivity (Wildman–Crippen MR) is 81.0 cm³/mol. The lowest BCUT2D eigenvalue weighted by molar-refractivity contribution is 0.126.